The van der Waals surface area contributed by atoms with Gasteiger partial charge in [0, 0.05) is 33.2 Å². The van der Waals surface area contributed by atoms with Crippen molar-refractivity contribution in [3.63, 3.8) is 0 Å². The SMILES string of the molecule is c1ccc(N(c2ccc(C3(c4ccccc4)CCCCC3)cc2)c2cccc3c2c2ccccc2n3-c2ccccc2)cc1. The summed E-state index contributed by atoms with van der Waals surface area (Å²) >= 11 is 0. The van der Waals surface area contributed by atoms with E-state index in [1.54, 1.807) is 0 Å². The van der Waals surface area contributed by atoms with Gasteiger partial charge in [-0.2, -0.15) is 0 Å². The van der Waals surface area contributed by atoms with Crippen molar-refractivity contribution in [1.29, 1.82) is 0 Å². The number of aromatic nitrogens is 1. The Morgan fingerprint density at radius 1 is 0.455 bits per heavy atom. The second-order valence-electron chi connectivity index (χ2n) is 12.1. The Labute approximate surface area is 259 Å². The Bertz CT molecular complexity index is 2020. The molecule has 0 radical (unpaired) electrons. The van der Waals surface area contributed by atoms with Gasteiger partial charge < -0.3 is 9.47 Å². The van der Waals surface area contributed by atoms with Gasteiger partial charge in [-0.3, -0.25) is 0 Å². The average Bonchev–Trinajstić information content (AvgIpc) is 3.45. The maximum atomic E-state index is 2.43. The molecule has 2 nitrogen and oxygen atoms in total. The molecule has 0 spiro atoms. The standard InChI is InChI=1S/C42H36N2/c1-5-16-32(17-6-1)42(30-13-4-14-31-42)33-26-28-36(29-27-33)43(34-18-7-2-8-19-34)39-24-15-25-40-41(39)37-22-11-12-23-38(37)44(40)35-20-9-3-10-21-35/h1-3,5-12,15-29H,4,13-14,30-31H2. The summed E-state index contributed by atoms with van der Waals surface area (Å²) in [4.78, 5) is 2.43. The van der Waals surface area contributed by atoms with Gasteiger partial charge in [0.15, 0.2) is 0 Å². The summed E-state index contributed by atoms with van der Waals surface area (Å²) in [5.41, 5.74) is 10.1. The van der Waals surface area contributed by atoms with Gasteiger partial charge in [-0.1, -0.05) is 122 Å². The van der Waals surface area contributed by atoms with Crippen LogP contribution in [0.3, 0.4) is 0 Å². The van der Waals surface area contributed by atoms with E-state index in [1.807, 2.05) is 0 Å². The lowest BCUT2D eigenvalue weighted by Crippen LogP contribution is -2.30. The van der Waals surface area contributed by atoms with Crippen molar-refractivity contribution in [2.24, 2.45) is 0 Å². The van der Waals surface area contributed by atoms with Crippen LogP contribution in [0.5, 0.6) is 0 Å². The Balaban J connectivity index is 1.32. The van der Waals surface area contributed by atoms with Crippen LogP contribution in [0.4, 0.5) is 17.1 Å². The first kappa shape index (κ1) is 26.5. The molecule has 1 saturated carbocycles. The van der Waals surface area contributed by atoms with E-state index in [-0.39, 0.29) is 5.41 Å². The molecule has 1 fully saturated rings. The largest absolute Gasteiger partial charge is 0.310 e. The fourth-order valence-electron chi connectivity index (χ4n) is 7.63. The fourth-order valence-corrected chi connectivity index (χ4v) is 7.63. The van der Waals surface area contributed by atoms with Crippen LogP contribution in [0.15, 0.2) is 158 Å². The molecule has 1 aliphatic carbocycles. The third kappa shape index (κ3) is 4.41. The number of anilines is 3. The molecule has 0 bridgehead atoms. The second-order valence-corrected chi connectivity index (χ2v) is 12.1. The van der Waals surface area contributed by atoms with Gasteiger partial charge in [-0.05, 0) is 78.6 Å². The lowest BCUT2D eigenvalue weighted by Gasteiger charge is -2.39. The highest BCUT2D eigenvalue weighted by Crippen LogP contribution is 2.47. The molecule has 8 rings (SSSR count). The average molecular weight is 569 g/mol. The molecule has 1 aromatic heterocycles. The predicted molar refractivity (Wildman–Crippen MR) is 186 cm³/mol. The van der Waals surface area contributed by atoms with Gasteiger partial charge >= 0.3 is 0 Å². The number of hydrogen-bond acceptors (Lipinski definition) is 1. The summed E-state index contributed by atoms with van der Waals surface area (Å²) in [6, 6.07) is 57.7. The highest BCUT2D eigenvalue weighted by atomic mass is 15.1. The summed E-state index contributed by atoms with van der Waals surface area (Å²) in [5, 5.41) is 2.51. The first-order valence-electron chi connectivity index (χ1n) is 15.9. The molecule has 0 amide bonds. The lowest BCUT2D eigenvalue weighted by molar-refractivity contribution is 0.346. The summed E-state index contributed by atoms with van der Waals surface area (Å²) in [5.74, 6) is 0. The molecule has 44 heavy (non-hydrogen) atoms. The van der Waals surface area contributed by atoms with Crippen LogP contribution in [0.1, 0.15) is 43.2 Å². The first-order valence-corrected chi connectivity index (χ1v) is 15.9. The van der Waals surface area contributed by atoms with Crippen molar-refractivity contribution in [2.75, 3.05) is 4.90 Å². The summed E-state index contributed by atoms with van der Waals surface area (Å²) < 4.78 is 2.40. The molecule has 6 aromatic carbocycles. The van der Waals surface area contributed by atoms with E-state index in [4.69, 9.17) is 0 Å². The van der Waals surface area contributed by atoms with E-state index in [1.165, 1.54) is 82.1 Å². The number of hydrogen-bond donors (Lipinski definition) is 0. The number of fused-ring (bicyclic) bond motifs is 3. The third-order valence-electron chi connectivity index (χ3n) is 9.66. The molecule has 0 saturated heterocycles. The number of benzene rings is 6. The normalized spacial score (nSPS) is 14.5. The topological polar surface area (TPSA) is 8.17 Å². The van der Waals surface area contributed by atoms with Gasteiger partial charge in [0.25, 0.3) is 0 Å². The van der Waals surface area contributed by atoms with Gasteiger partial charge in [-0.15, -0.1) is 0 Å². The van der Waals surface area contributed by atoms with Crippen molar-refractivity contribution >= 4 is 38.9 Å². The van der Waals surface area contributed by atoms with E-state index in [9.17, 15) is 0 Å². The minimum atomic E-state index is 0.0821. The molecular weight excluding hydrogens is 532 g/mol. The minimum absolute atomic E-state index is 0.0821. The zero-order chi connectivity index (χ0) is 29.3. The van der Waals surface area contributed by atoms with Gasteiger partial charge in [-0.25, -0.2) is 0 Å². The molecule has 0 aliphatic heterocycles. The van der Waals surface area contributed by atoms with Crippen molar-refractivity contribution in [1.82, 2.24) is 4.57 Å². The van der Waals surface area contributed by atoms with E-state index >= 15 is 0 Å². The zero-order valence-corrected chi connectivity index (χ0v) is 24.9. The number of rotatable bonds is 6. The van der Waals surface area contributed by atoms with Crippen molar-refractivity contribution in [3.8, 4) is 5.69 Å². The minimum Gasteiger partial charge on any atom is -0.310 e. The van der Waals surface area contributed by atoms with E-state index in [0.29, 0.717) is 0 Å². The molecule has 2 heteroatoms. The third-order valence-corrected chi connectivity index (χ3v) is 9.66. The Hall–Kier alpha value is -5.08. The number of para-hydroxylation sites is 3. The van der Waals surface area contributed by atoms with Gasteiger partial charge in [0.2, 0.25) is 0 Å². The molecule has 7 aromatic rings. The lowest BCUT2D eigenvalue weighted by atomic mass is 9.65. The molecule has 1 heterocycles. The van der Waals surface area contributed by atoms with Crippen LogP contribution >= 0.6 is 0 Å². The Kier molecular flexibility index (Phi) is 6.76. The van der Waals surface area contributed by atoms with Crippen LogP contribution in [-0.4, -0.2) is 4.57 Å². The van der Waals surface area contributed by atoms with Crippen LogP contribution < -0.4 is 4.90 Å². The van der Waals surface area contributed by atoms with Crippen molar-refractivity contribution < 1.29 is 0 Å². The predicted octanol–water partition coefficient (Wildman–Crippen LogP) is 11.5. The fraction of sp³-hybridized carbons (Fsp3) is 0.143. The van der Waals surface area contributed by atoms with E-state index in [2.05, 4.69) is 167 Å². The Morgan fingerprint density at radius 3 is 1.75 bits per heavy atom. The quantitative estimate of drug-likeness (QED) is 0.194. The molecule has 0 N–H and O–H groups in total. The first-order chi connectivity index (χ1) is 21.8. The van der Waals surface area contributed by atoms with Gasteiger partial charge in [0.1, 0.15) is 0 Å². The van der Waals surface area contributed by atoms with Crippen molar-refractivity contribution in [3.05, 3.63) is 169 Å². The van der Waals surface area contributed by atoms with Crippen LogP contribution in [0.2, 0.25) is 0 Å². The van der Waals surface area contributed by atoms with Crippen molar-refractivity contribution in [2.45, 2.75) is 37.5 Å². The van der Waals surface area contributed by atoms with E-state index < -0.39 is 0 Å². The van der Waals surface area contributed by atoms with Crippen LogP contribution in [0.25, 0.3) is 27.5 Å². The highest BCUT2D eigenvalue weighted by Gasteiger charge is 2.35. The monoisotopic (exact) mass is 568 g/mol. The molecule has 1 aliphatic rings. The van der Waals surface area contributed by atoms with E-state index in [0.717, 1.165) is 5.69 Å². The molecule has 0 unspecified atom stereocenters. The Morgan fingerprint density at radius 2 is 1.02 bits per heavy atom. The summed E-state index contributed by atoms with van der Waals surface area (Å²) in [6.07, 6.45) is 6.30. The highest BCUT2D eigenvalue weighted by molar-refractivity contribution is 6.16. The summed E-state index contributed by atoms with van der Waals surface area (Å²) in [7, 11) is 0. The zero-order valence-electron chi connectivity index (χ0n) is 24.9. The maximum absolute atomic E-state index is 2.43. The molecular formula is C42H36N2. The summed E-state index contributed by atoms with van der Waals surface area (Å²) in [6.45, 7) is 0. The van der Waals surface area contributed by atoms with Crippen LogP contribution in [-0.2, 0) is 5.41 Å². The van der Waals surface area contributed by atoms with Crippen LogP contribution in [0, 0.1) is 0 Å². The van der Waals surface area contributed by atoms with Gasteiger partial charge in [0.05, 0.1) is 16.7 Å². The smallest absolute Gasteiger partial charge is 0.0562 e. The number of nitrogens with zero attached hydrogens (tertiary/aromatic N) is 2. The second kappa shape index (κ2) is 11.2. The molecule has 214 valence electrons. The maximum Gasteiger partial charge on any atom is 0.0562 e. The molecule has 0 atom stereocenters.